The van der Waals surface area contributed by atoms with E-state index in [2.05, 4.69) is 26.9 Å². The summed E-state index contributed by atoms with van der Waals surface area (Å²) in [5.41, 5.74) is 2.25. The highest BCUT2D eigenvalue weighted by Gasteiger charge is 2.29. The average molecular weight is 266 g/mol. The van der Waals surface area contributed by atoms with Crippen LogP contribution in [0.2, 0.25) is 0 Å². The number of hydrogen-bond acceptors (Lipinski definition) is 3. The van der Waals surface area contributed by atoms with Gasteiger partial charge in [-0.3, -0.25) is 9.88 Å². The van der Waals surface area contributed by atoms with Crippen LogP contribution in [0.1, 0.15) is 25.0 Å². The summed E-state index contributed by atoms with van der Waals surface area (Å²) in [5.74, 6) is 0.497. The Kier molecular flexibility index (Phi) is 3.71. The maximum atomic E-state index is 5.85. The second-order valence-electron chi connectivity index (χ2n) is 5.27. The normalized spacial score (nSPS) is 24.9. The van der Waals surface area contributed by atoms with Gasteiger partial charge in [0.1, 0.15) is 0 Å². The molecule has 0 amide bonds. The van der Waals surface area contributed by atoms with Crippen molar-refractivity contribution < 1.29 is 0 Å². The van der Waals surface area contributed by atoms with Crippen molar-refractivity contribution in [3.8, 4) is 0 Å². The molecule has 3 rings (SSSR count). The molecule has 2 aliphatic heterocycles. The molecule has 0 aliphatic carbocycles. The number of hydrogen-bond donors (Lipinski definition) is 0. The van der Waals surface area contributed by atoms with Crippen molar-refractivity contribution >= 4 is 17.3 Å². The zero-order valence-electron chi connectivity index (χ0n) is 10.7. The Labute approximate surface area is 114 Å². The maximum Gasteiger partial charge on any atom is 0.0648 e. The molecule has 2 fully saturated rings. The molecule has 18 heavy (non-hydrogen) atoms. The standard InChI is InChI=1S/C14H20ClN3/c15-10-12-9-13(3-5-16-12)18-8-4-14(11-18)17-6-1-2-7-17/h3,5,9,14H,1-2,4,6-8,10-11H2. The minimum Gasteiger partial charge on any atom is -0.370 e. The zero-order chi connectivity index (χ0) is 12.4. The predicted molar refractivity (Wildman–Crippen MR) is 75.2 cm³/mol. The number of pyridine rings is 1. The molecular formula is C14H20ClN3. The molecule has 1 atom stereocenters. The molecular weight excluding hydrogens is 246 g/mol. The quantitative estimate of drug-likeness (QED) is 0.783. The van der Waals surface area contributed by atoms with Crippen molar-refractivity contribution in [2.75, 3.05) is 31.1 Å². The molecule has 98 valence electrons. The molecule has 0 radical (unpaired) electrons. The van der Waals surface area contributed by atoms with Crippen LogP contribution < -0.4 is 4.90 Å². The van der Waals surface area contributed by atoms with Crippen molar-refractivity contribution in [2.45, 2.75) is 31.2 Å². The summed E-state index contributed by atoms with van der Waals surface area (Å²) in [4.78, 5) is 9.39. The van der Waals surface area contributed by atoms with Gasteiger partial charge in [0.25, 0.3) is 0 Å². The minimum atomic E-state index is 0.497. The van der Waals surface area contributed by atoms with Gasteiger partial charge in [0.2, 0.25) is 0 Å². The Balaban J connectivity index is 1.67. The number of anilines is 1. The molecule has 1 aromatic heterocycles. The van der Waals surface area contributed by atoms with E-state index < -0.39 is 0 Å². The van der Waals surface area contributed by atoms with E-state index in [0.717, 1.165) is 24.8 Å². The number of alkyl halides is 1. The summed E-state index contributed by atoms with van der Waals surface area (Å²) in [5, 5.41) is 0. The predicted octanol–water partition coefficient (Wildman–Crippen LogP) is 2.49. The van der Waals surface area contributed by atoms with Gasteiger partial charge in [-0.1, -0.05) is 0 Å². The lowest BCUT2D eigenvalue weighted by Gasteiger charge is -2.24. The third kappa shape index (κ3) is 2.47. The first-order valence-corrected chi connectivity index (χ1v) is 7.40. The van der Waals surface area contributed by atoms with E-state index in [-0.39, 0.29) is 0 Å². The van der Waals surface area contributed by atoms with Crippen molar-refractivity contribution in [1.29, 1.82) is 0 Å². The summed E-state index contributed by atoms with van der Waals surface area (Å²) in [6.07, 6.45) is 5.92. The van der Waals surface area contributed by atoms with E-state index in [0.29, 0.717) is 5.88 Å². The Morgan fingerprint density at radius 1 is 1.28 bits per heavy atom. The van der Waals surface area contributed by atoms with Crippen LogP contribution >= 0.6 is 11.6 Å². The Bertz CT molecular complexity index is 404. The highest BCUT2D eigenvalue weighted by atomic mass is 35.5. The summed E-state index contributed by atoms with van der Waals surface area (Å²) in [6.45, 7) is 4.90. The molecule has 0 spiro atoms. The maximum absolute atomic E-state index is 5.85. The van der Waals surface area contributed by atoms with E-state index in [1.807, 2.05) is 6.20 Å². The molecule has 4 heteroatoms. The molecule has 0 aromatic carbocycles. The van der Waals surface area contributed by atoms with E-state index in [9.17, 15) is 0 Å². The fraction of sp³-hybridized carbons (Fsp3) is 0.643. The average Bonchev–Trinajstić information content (AvgIpc) is 3.09. The Morgan fingerprint density at radius 3 is 2.89 bits per heavy atom. The van der Waals surface area contributed by atoms with Gasteiger partial charge in [-0.05, 0) is 44.5 Å². The highest BCUT2D eigenvalue weighted by Crippen LogP contribution is 2.25. The molecule has 2 aliphatic rings. The topological polar surface area (TPSA) is 19.4 Å². The summed E-state index contributed by atoms with van der Waals surface area (Å²) >= 11 is 5.85. The van der Waals surface area contributed by atoms with Gasteiger partial charge < -0.3 is 4.90 Å². The zero-order valence-corrected chi connectivity index (χ0v) is 11.4. The number of rotatable bonds is 3. The summed E-state index contributed by atoms with van der Waals surface area (Å²) in [7, 11) is 0. The number of aromatic nitrogens is 1. The van der Waals surface area contributed by atoms with Gasteiger partial charge in [-0.15, -0.1) is 11.6 Å². The second kappa shape index (κ2) is 5.45. The van der Waals surface area contributed by atoms with Crippen molar-refractivity contribution in [1.82, 2.24) is 9.88 Å². The largest absolute Gasteiger partial charge is 0.370 e. The van der Waals surface area contributed by atoms with Crippen LogP contribution in [-0.4, -0.2) is 42.1 Å². The molecule has 0 saturated carbocycles. The molecule has 0 N–H and O–H groups in total. The van der Waals surface area contributed by atoms with Crippen LogP contribution in [0, 0.1) is 0 Å². The van der Waals surface area contributed by atoms with Crippen LogP contribution in [0.4, 0.5) is 5.69 Å². The van der Waals surface area contributed by atoms with Gasteiger partial charge in [0.15, 0.2) is 0 Å². The van der Waals surface area contributed by atoms with E-state index in [1.54, 1.807) is 0 Å². The molecule has 1 aromatic rings. The molecule has 3 heterocycles. The monoisotopic (exact) mass is 265 g/mol. The SMILES string of the molecule is ClCc1cc(N2CCC(N3CCCC3)C2)ccn1. The number of likely N-dealkylation sites (tertiary alicyclic amines) is 1. The Morgan fingerprint density at radius 2 is 2.11 bits per heavy atom. The van der Waals surface area contributed by atoms with E-state index in [1.165, 1.54) is 38.0 Å². The number of nitrogens with zero attached hydrogens (tertiary/aromatic N) is 3. The van der Waals surface area contributed by atoms with Gasteiger partial charge in [0.05, 0.1) is 11.6 Å². The van der Waals surface area contributed by atoms with Crippen LogP contribution in [0.25, 0.3) is 0 Å². The fourth-order valence-corrected chi connectivity index (χ4v) is 3.26. The highest BCUT2D eigenvalue weighted by molar-refractivity contribution is 6.16. The van der Waals surface area contributed by atoms with Crippen LogP contribution in [-0.2, 0) is 5.88 Å². The van der Waals surface area contributed by atoms with Crippen LogP contribution in [0.15, 0.2) is 18.3 Å². The van der Waals surface area contributed by atoms with Crippen LogP contribution in [0.3, 0.4) is 0 Å². The van der Waals surface area contributed by atoms with Gasteiger partial charge in [-0.25, -0.2) is 0 Å². The van der Waals surface area contributed by atoms with Gasteiger partial charge >= 0.3 is 0 Å². The van der Waals surface area contributed by atoms with Gasteiger partial charge in [-0.2, -0.15) is 0 Å². The van der Waals surface area contributed by atoms with E-state index in [4.69, 9.17) is 11.6 Å². The second-order valence-corrected chi connectivity index (χ2v) is 5.54. The minimum absolute atomic E-state index is 0.497. The first kappa shape index (κ1) is 12.2. The van der Waals surface area contributed by atoms with Crippen LogP contribution in [0.5, 0.6) is 0 Å². The van der Waals surface area contributed by atoms with Crippen molar-refractivity contribution in [3.63, 3.8) is 0 Å². The van der Waals surface area contributed by atoms with Crippen molar-refractivity contribution in [3.05, 3.63) is 24.0 Å². The molecule has 1 unspecified atom stereocenters. The lowest BCUT2D eigenvalue weighted by atomic mass is 10.2. The Hall–Kier alpha value is -0.800. The fourth-order valence-electron chi connectivity index (χ4n) is 3.12. The smallest absolute Gasteiger partial charge is 0.0648 e. The third-order valence-corrected chi connectivity index (χ3v) is 4.40. The third-order valence-electron chi connectivity index (χ3n) is 4.12. The lowest BCUT2D eigenvalue weighted by Crippen LogP contribution is -2.35. The number of halogens is 1. The van der Waals surface area contributed by atoms with Crippen molar-refractivity contribution in [2.24, 2.45) is 0 Å². The molecule has 3 nitrogen and oxygen atoms in total. The summed E-state index contributed by atoms with van der Waals surface area (Å²) in [6, 6.07) is 4.97. The van der Waals surface area contributed by atoms with E-state index >= 15 is 0 Å². The molecule has 2 saturated heterocycles. The first-order valence-electron chi connectivity index (χ1n) is 6.87. The van der Waals surface area contributed by atoms with Gasteiger partial charge in [0, 0.05) is 31.0 Å². The first-order chi connectivity index (χ1) is 8.86. The molecule has 0 bridgehead atoms. The lowest BCUT2D eigenvalue weighted by molar-refractivity contribution is 0.260. The summed E-state index contributed by atoms with van der Waals surface area (Å²) < 4.78 is 0.